The molecule has 0 aromatic heterocycles. The largest absolute Gasteiger partial charge is 0.495 e. The van der Waals surface area contributed by atoms with E-state index in [1.54, 1.807) is 18.2 Å². The summed E-state index contributed by atoms with van der Waals surface area (Å²) >= 11 is 0. The third-order valence-corrected chi connectivity index (χ3v) is 2.31. The van der Waals surface area contributed by atoms with Gasteiger partial charge in [0.2, 0.25) is 0 Å². The molecule has 0 saturated heterocycles. The highest BCUT2D eigenvalue weighted by Crippen LogP contribution is 2.31. The van der Waals surface area contributed by atoms with Crippen LogP contribution in [-0.2, 0) is 4.79 Å². The van der Waals surface area contributed by atoms with Gasteiger partial charge in [-0.2, -0.15) is 0 Å². The van der Waals surface area contributed by atoms with E-state index >= 15 is 0 Å². The third-order valence-electron chi connectivity index (χ3n) is 2.31. The van der Waals surface area contributed by atoms with E-state index in [4.69, 9.17) is 15.6 Å². The molecule has 0 bridgehead atoms. The quantitative estimate of drug-likeness (QED) is 0.654. The van der Waals surface area contributed by atoms with Crippen LogP contribution in [0.15, 0.2) is 18.2 Å². The van der Waals surface area contributed by atoms with Crippen molar-refractivity contribution in [2.24, 2.45) is 0 Å². The molecule has 4 N–H and O–H groups in total. The third kappa shape index (κ3) is 2.87. The van der Waals surface area contributed by atoms with Gasteiger partial charge in [0.25, 0.3) is 0 Å². The Hall–Kier alpha value is -1.75. The number of carboxylic acids is 1. The van der Waals surface area contributed by atoms with Gasteiger partial charge in [0.05, 0.1) is 18.9 Å². The number of nitrogen functional groups attached to an aromatic ring is 1. The zero-order valence-corrected chi connectivity index (χ0v) is 9.01. The predicted molar refractivity (Wildman–Crippen MR) is 59.2 cm³/mol. The maximum Gasteiger partial charge on any atom is 0.303 e. The molecule has 0 radical (unpaired) electrons. The average molecular weight is 225 g/mol. The Balaban J connectivity index is 2.82. The molecule has 16 heavy (non-hydrogen) atoms. The Labute approximate surface area is 93.5 Å². The number of anilines is 1. The minimum Gasteiger partial charge on any atom is -0.495 e. The van der Waals surface area contributed by atoms with E-state index in [1.807, 2.05) is 0 Å². The lowest BCUT2D eigenvalue weighted by Crippen LogP contribution is -2.06. The molecule has 88 valence electrons. The van der Waals surface area contributed by atoms with Crippen LogP contribution in [0.5, 0.6) is 5.75 Å². The molecule has 0 heterocycles. The fraction of sp³-hybridized carbons (Fsp3) is 0.364. The van der Waals surface area contributed by atoms with Crippen LogP contribution in [0.4, 0.5) is 5.69 Å². The zero-order valence-electron chi connectivity index (χ0n) is 9.01. The molecule has 1 unspecified atom stereocenters. The smallest absolute Gasteiger partial charge is 0.303 e. The second-order valence-corrected chi connectivity index (χ2v) is 3.41. The lowest BCUT2D eigenvalue weighted by molar-refractivity contribution is -0.137. The molecule has 0 amide bonds. The maximum atomic E-state index is 10.4. The van der Waals surface area contributed by atoms with Crippen LogP contribution in [0.25, 0.3) is 0 Å². The predicted octanol–water partition coefficient (Wildman–Crippen LogP) is 1.18. The van der Waals surface area contributed by atoms with Gasteiger partial charge in [0.15, 0.2) is 0 Å². The first-order valence-electron chi connectivity index (χ1n) is 4.88. The molecule has 0 aliphatic heterocycles. The lowest BCUT2D eigenvalue weighted by atomic mass is 10.0. The molecular weight excluding hydrogens is 210 g/mol. The number of rotatable bonds is 5. The number of benzene rings is 1. The van der Waals surface area contributed by atoms with E-state index in [9.17, 15) is 9.90 Å². The summed E-state index contributed by atoms with van der Waals surface area (Å²) in [5.41, 5.74) is 6.62. The highest BCUT2D eigenvalue weighted by molar-refractivity contribution is 5.67. The van der Waals surface area contributed by atoms with Crippen LogP contribution in [0.3, 0.4) is 0 Å². The van der Waals surface area contributed by atoms with Crippen molar-refractivity contribution >= 4 is 11.7 Å². The second kappa shape index (κ2) is 5.37. The van der Waals surface area contributed by atoms with Crippen LogP contribution in [0, 0.1) is 0 Å². The molecular formula is C11H15NO4. The van der Waals surface area contributed by atoms with E-state index in [2.05, 4.69) is 0 Å². The van der Waals surface area contributed by atoms with Crippen molar-refractivity contribution < 1.29 is 19.7 Å². The van der Waals surface area contributed by atoms with Crippen molar-refractivity contribution in [3.8, 4) is 5.75 Å². The summed E-state index contributed by atoms with van der Waals surface area (Å²) in [7, 11) is 1.49. The van der Waals surface area contributed by atoms with Crippen molar-refractivity contribution in [3.63, 3.8) is 0 Å². The van der Waals surface area contributed by atoms with Crippen LogP contribution >= 0.6 is 0 Å². The fourth-order valence-electron chi connectivity index (χ4n) is 1.45. The molecule has 0 saturated carbocycles. The SMILES string of the molecule is COc1cccc(C(O)CCC(=O)O)c1N. The number of hydrogen-bond donors (Lipinski definition) is 3. The summed E-state index contributed by atoms with van der Waals surface area (Å²) in [6, 6.07) is 5.04. The number of nitrogens with two attached hydrogens (primary N) is 1. The van der Waals surface area contributed by atoms with Crippen LogP contribution < -0.4 is 10.5 Å². The Morgan fingerprint density at radius 1 is 1.56 bits per heavy atom. The van der Waals surface area contributed by atoms with Crippen LogP contribution in [0.2, 0.25) is 0 Å². The van der Waals surface area contributed by atoms with E-state index in [0.29, 0.717) is 17.0 Å². The van der Waals surface area contributed by atoms with E-state index in [1.165, 1.54) is 7.11 Å². The second-order valence-electron chi connectivity index (χ2n) is 3.41. The van der Waals surface area contributed by atoms with Crippen LogP contribution in [-0.4, -0.2) is 23.3 Å². The molecule has 5 nitrogen and oxygen atoms in total. The molecule has 1 rings (SSSR count). The number of carboxylic acid groups (broad SMARTS) is 1. The van der Waals surface area contributed by atoms with Crippen molar-refractivity contribution in [2.75, 3.05) is 12.8 Å². The molecule has 0 fully saturated rings. The number of aliphatic hydroxyl groups excluding tert-OH is 1. The van der Waals surface area contributed by atoms with Gasteiger partial charge in [0, 0.05) is 12.0 Å². The van der Waals surface area contributed by atoms with E-state index < -0.39 is 12.1 Å². The number of ether oxygens (including phenoxy) is 1. The van der Waals surface area contributed by atoms with Gasteiger partial charge in [-0.1, -0.05) is 12.1 Å². The maximum absolute atomic E-state index is 10.4. The minimum atomic E-state index is -0.944. The summed E-state index contributed by atoms with van der Waals surface area (Å²) < 4.78 is 5.01. The molecule has 1 aromatic rings. The summed E-state index contributed by atoms with van der Waals surface area (Å²) in [4.78, 5) is 10.4. The van der Waals surface area contributed by atoms with Gasteiger partial charge in [-0.25, -0.2) is 0 Å². The molecule has 0 aliphatic carbocycles. The zero-order chi connectivity index (χ0) is 12.1. The van der Waals surface area contributed by atoms with Gasteiger partial charge < -0.3 is 20.7 Å². The molecule has 0 aliphatic rings. The number of aliphatic hydroxyl groups is 1. The Morgan fingerprint density at radius 2 is 2.25 bits per heavy atom. The summed E-state index contributed by atoms with van der Waals surface area (Å²) in [6.07, 6.45) is -0.851. The lowest BCUT2D eigenvalue weighted by Gasteiger charge is -2.14. The summed E-state index contributed by atoms with van der Waals surface area (Å²) in [5.74, 6) is -0.465. The number of carbonyl (C=O) groups is 1. The van der Waals surface area contributed by atoms with Gasteiger partial charge in [0.1, 0.15) is 5.75 Å². The Morgan fingerprint density at radius 3 is 2.81 bits per heavy atom. The molecule has 0 spiro atoms. The summed E-state index contributed by atoms with van der Waals surface area (Å²) in [5, 5.41) is 18.3. The molecule has 1 atom stereocenters. The first-order valence-corrected chi connectivity index (χ1v) is 4.88. The van der Waals surface area contributed by atoms with Crippen molar-refractivity contribution in [2.45, 2.75) is 18.9 Å². The first kappa shape index (κ1) is 12.3. The first-order chi connectivity index (χ1) is 7.56. The van der Waals surface area contributed by atoms with Crippen molar-refractivity contribution in [1.29, 1.82) is 0 Å². The van der Waals surface area contributed by atoms with E-state index in [-0.39, 0.29) is 12.8 Å². The highest BCUT2D eigenvalue weighted by Gasteiger charge is 2.14. The topological polar surface area (TPSA) is 92.8 Å². The normalized spacial score (nSPS) is 12.1. The average Bonchev–Trinajstić information content (AvgIpc) is 2.26. The van der Waals surface area contributed by atoms with Gasteiger partial charge in [-0.05, 0) is 12.5 Å². The van der Waals surface area contributed by atoms with Gasteiger partial charge in [-0.3, -0.25) is 4.79 Å². The molecule has 1 aromatic carbocycles. The van der Waals surface area contributed by atoms with Crippen molar-refractivity contribution in [3.05, 3.63) is 23.8 Å². The Bertz CT molecular complexity index is 378. The number of methoxy groups -OCH3 is 1. The van der Waals surface area contributed by atoms with Gasteiger partial charge >= 0.3 is 5.97 Å². The van der Waals surface area contributed by atoms with Crippen molar-refractivity contribution in [1.82, 2.24) is 0 Å². The minimum absolute atomic E-state index is 0.0994. The van der Waals surface area contributed by atoms with E-state index in [0.717, 1.165) is 0 Å². The van der Waals surface area contributed by atoms with Crippen LogP contribution in [0.1, 0.15) is 24.5 Å². The number of para-hydroxylation sites is 1. The monoisotopic (exact) mass is 225 g/mol. The Kier molecular flexibility index (Phi) is 4.13. The molecule has 5 heteroatoms. The fourth-order valence-corrected chi connectivity index (χ4v) is 1.45. The summed E-state index contributed by atoms with van der Waals surface area (Å²) in [6.45, 7) is 0. The highest BCUT2D eigenvalue weighted by atomic mass is 16.5. The number of aliphatic carboxylic acids is 1. The standard InChI is InChI=1S/C11H15NO4/c1-16-9-4-2-3-7(11(9)12)8(13)5-6-10(14)15/h2-4,8,13H,5-6,12H2,1H3,(H,14,15). The van der Waals surface area contributed by atoms with Gasteiger partial charge in [-0.15, -0.1) is 0 Å². The number of hydrogen-bond acceptors (Lipinski definition) is 4.